The number of alkyl halides is 1. The van der Waals surface area contributed by atoms with E-state index >= 15 is 0 Å². The Labute approximate surface area is 86.7 Å². The highest BCUT2D eigenvalue weighted by atomic mass is 19.1. The molecule has 0 fully saturated rings. The van der Waals surface area contributed by atoms with Gasteiger partial charge in [0.25, 0.3) is 0 Å². The number of carboxylic acids is 1. The number of carboxylic acid groups (broad SMARTS) is 1. The summed E-state index contributed by atoms with van der Waals surface area (Å²) in [5.41, 5.74) is 4.39. The van der Waals surface area contributed by atoms with Crippen molar-refractivity contribution < 1.29 is 14.3 Å². The topological polar surface area (TPSA) is 81.1 Å². The minimum Gasteiger partial charge on any atom is -0.480 e. The molecule has 15 heavy (non-hydrogen) atoms. The van der Waals surface area contributed by atoms with Crippen LogP contribution in [0.15, 0.2) is 12.5 Å². The molecule has 0 amide bonds. The lowest BCUT2D eigenvalue weighted by molar-refractivity contribution is -0.144. The minimum absolute atomic E-state index is 0.109. The molecule has 1 heterocycles. The summed E-state index contributed by atoms with van der Waals surface area (Å²) in [5, 5.41) is 8.80. The van der Waals surface area contributed by atoms with Gasteiger partial charge < -0.3 is 15.4 Å². The van der Waals surface area contributed by atoms with Gasteiger partial charge in [-0.3, -0.25) is 4.79 Å². The maximum absolute atomic E-state index is 12.6. The fourth-order valence-electron chi connectivity index (χ4n) is 1.26. The molecule has 0 aliphatic carbocycles. The Hall–Kier alpha value is -1.43. The summed E-state index contributed by atoms with van der Waals surface area (Å²) in [6.45, 7) is 0.688. The molecule has 1 aromatic heterocycles. The van der Waals surface area contributed by atoms with Crippen LogP contribution < -0.4 is 5.73 Å². The number of hydrogen-bond acceptors (Lipinski definition) is 3. The Morgan fingerprint density at radius 3 is 2.93 bits per heavy atom. The van der Waals surface area contributed by atoms with Crippen LogP contribution in [0.4, 0.5) is 4.39 Å². The summed E-state index contributed by atoms with van der Waals surface area (Å²) < 4.78 is 14.1. The smallest absolute Gasteiger partial charge is 0.328 e. The van der Waals surface area contributed by atoms with E-state index in [9.17, 15) is 9.18 Å². The summed E-state index contributed by atoms with van der Waals surface area (Å²) in [4.78, 5) is 14.6. The van der Waals surface area contributed by atoms with Gasteiger partial charge in [-0.05, 0) is 6.42 Å². The number of nitrogens with zero attached hydrogens (tertiary/aromatic N) is 2. The van der Waals surface area contributed by atoms with Crippen molar-refractivity contribution in [2.45, 2.75) is 25.4 Å². The van der Waals surface area contributed by atoms with Crippen LogP contribution in [0, 0.1) is 0 Å². The summed E-state index contributed by atoms with van der Waals surface area (Å²) in [6, 6.07) is 0. The van der Waals surface area contributed by atoms with E-state index in [4.69, 9.17) is 10.8 Å². The summed E-state index contributed by atoms with van der Waals surface area (Å²) >= 11 is 0. The Kier molecular flexibility index (Phi) is 3.41. The van der Waals surface area contributed by atoms with Gasteiger partial charge >= 0.3 is 5.97 Å². The highest BCUT2D eigenvalue weighted by Crippen LogP contribution is 2.09. The molecule has 3 N–H and O–H groups in total. The van der Waals surface area contributed by atoms with Gasteiger partial charge in [-0.1, -0.05) is 6.92 Å². The molecule has 0 aliphatic rings. The largest absolute Gasteiger partial charge is 0.480 e. The third-order valence-electron chi connectivity index (χ3n) is 2.28. The van der Waals surface area contributed by atoms with Crippen molar-refractivity contribution >= 4 is 5.97 Å². The van der Waals surface area contributed by atoms with Gasteiger partial charge in [-0.2, -0.15) is 0 Å². The van der Waals surface area contributed by atoms with Gasteiger partial charge in [0.05, 0.1) is 12.9 Å². The number of halogens is 1. The second-order valence-corrected chi connectivity index (χ2v) is 3.46. The van der Waals surface area contributed by atoms with Crippen molar-refractivity contribution in [3.05, 3.63) is 18.2 Å². The lowest BCUT2D eigenvalue weighted by Crippen LogP contribution is -2.53. The maximum Gasteiger partial charge on any atom is 0.328 e. The first-order valence-corrected chi connectivity index (χ1v) is 4.60. The quantitative estimate of drug-likeness (QED) is 0.735. The monoisotopic (exact) mass is 215 g/mol. The first kappa shape index (κ1) is 11.6. The summed E-state index contributed by atoms with van der Waals surface area (Å²) in [7, 11) is 0. The Bertz CT molecular complexity index is 353. The normalized spacial score (nSPS) is 14.9. The molecule has 84 valence electrons. The van der Waals surface area contributed by atoms with Crippen molar-refractivity contribution in [3.63, 3.8) is 0 Å². The van der Waals surface area contributed by atoms with Crippen molar-refractivity contribution in [1.82, 2.24) is 9.55 Å². The third kappa shape index (κ3) is 2.33. The highest BCUT2D eigenvalue weighted by molar-refractivity contribution is 5.78. The SMILES string of the molecule is CCc1cncn1CC(N)(CF)C(=O)O. The second kappa shape index (κ2) is 4.39. The zero-order valence-electron chi connectivity index (χ0n) is 8.48. The van der Waals surface area contributed by atoms with Gasteiger partial charge in [0.1, 0.15) is 6.67 Å². The van der Waals surface area contributed by atoms with Crippen LogP contribution >= 0.6 is 0 Å². The van der Waals surface area contributed by atoms with Gasteiger partial charge in [0, 0.05) is 11.9 Å². The fourth-order valence-corrected chi connectivity index (χ4v) is 1.26. The fraction of sp³-hybridized carbons (Fsp3) is 0.556. The predicted molar refractivity (Wildman–Crippen MR) is 52.1 cm³/mol. The number of aromatic nitrogens is 2. The van der Waals surface area contributed by atoms with Crippen LogP contribution in [0.5, 0.6) is 0 Å². The lowest BCUT2D eigenvalue weighted by Gasteiger charge is -2.22. The number of imidazole rings is 1. The van der Waals surface area contributed by atoms with E-state index in [1.165, 1.54) is 6.33 Å². The number of hydrogen-bond donors (Lipinski definition) is 2. The highest BCUT2D eigenvalue weighted by Gasteiger charge is 2.35. The zero-order valence-corrected chi connectivity index (χ0v) is 8.48. The van der Waals surface area contributed by atoms with Crippen LogP contribution in [0.25, 0.3) is 0 Å². The van der Waals surface area contributed by atoms with E-state index in [2.05, 4.69) is 4.98 Å². The van der Waals surface area contributed by atoms with Crippen LogP contribution in [0.1, 0.15) is 12.6 Å². The molecule has 0 saturated heterocycles. The molecular formula is C9H14FN3O2. The first-order chi connectivity index (χ1) is 7.03. The number of aliphatic carboxylic acids is 1. The molecule has 0 aliphatic heterocycles. The molecular weight excluding hydrogens is 201 g/mol. The number of carbonyl (C=O) groups is 1. The van der Waals surface area contributed by atoms with E-state index < -0.39 is 18.2 Å². The van der Waals surface area contributed by atoms with E-state index in [0.29, 0.717) is 6.42 Å². The Morgan fingerprint density at radius 2 is 2.47 bits per heavy atom. The van der Waals surface area contributed by atoms with Crippen molar-refractivity contribution in [2.75, 3.05) is 6.67 Å². The van der Waals surface area contributed by atoms with Crippen LogP contribution in [-0.4, -0.2) is 32.8 Å². The predicted octanol–water partition coefficient (Wildman–Crippen LogP) is 0.197. The zero-order chi connectivity index (χ0) is 11.5. The lowest BCUT2D eigenvalue weighted by atomic mass is 10.0. The third-order valence-corrected chi connectivity index (χ3v) is 2.28. The molecule has 0 bridgehead atoms. The van der Waals surface area contributed by atoms with E-state index in [1.54, 1.807) is 10.8 Å². The van der Waals surface area contributed by atoms with E-state index in [1.807, 2.05) is 6.92 Å². The first-order valence-electron chi connectivity index (χ1n) is 4.60. The van der Waals surface area contributed by atoms with E-state index in [0.717, 1.165) is 5.69 Å². The molecule has 0 aromatic carbocycles. The number of nitrogens with two attached hydrogens (primary N) is 1. The van der Waals surface area contributed by atoms with Crippen LogP contribution in [0.3, 0.4) is 0 Å². The van der Waals surface area contributed by atoms with Crippen molar-refractivity contribution in [1.29, 1.82) is 0 Å². The van der Waals surface area contributed by atoms with Crippen LogP contribution in [-0.2, 0) is 17.8 Å². The van der Waals surface area contributed by atoms with Gasteiger partial charge in [0.15, 0.2) is 5.54 Å². The second-order valence-electron chi connectivity index (χ2n) is 3.46. The minimum atomic E-state index is -1.87. The molecule has 0 spiro atoms. The van der Waals surface area contributed by atoms with E-state index in [-0.39, 0.29) is 6.54 Å². The standard InChI is InChI=1S/C9H14FN3O2/c1-2-7-3-12-6-13(7)5-9(11,4-10)8(14)15/h3,6H,2,4-5,11H2,1H3,(H,14,15). The summed E-state index contributed by atoms with van der Waals surface area (Å²) in [5.74, 6) is -1.35. The molecule has 0 saturated carbocycles. The molecule has 1 unspecified atom stereocenters. The molecule has 1 aromatic rings. The Morgan fingerprint density at radius 1 is 1.80 bits per heavy atom. The molecule has 0 radical (unpaired) electrons. The number of aryl methyl sites for hydroxylation is 1. The van der Waals surface area contributed by atoms with Gasteiger partial charge in [-0.25, -0.2) is 9.37 Å². The number of rotatable bonds is 5. The maximum atomic E-state index is 12.6. The van der Waals surface area contributed by atoms with Crippen molar-refractivity contribution in [2.24, 2.45) is 5.73 Å². The summed E-state index contributed by atoms with van der Waals surface area (Å²) in [6.07, 6.45) is 3.77. The average Bonchev–Trinajstić information content (AvgIpc) is 2.64. The van der Waals surface area contributed by atoms with Gasteiger partial charge in [0.2, 0.25) is 0 Å². The molecule has 5 nitrogen and oxygen atoms in total. The van der Waals surface area contributed by atoms with Gasteiger partial charge in [-0.15, -0.1) is 0 Å². The molecule has 1 atom stereocenters. The van der Waals surface area contributed by atoms with Crippen molar-refractivity contribution in [3.8, 4) is 0 Å². The molecule has 1 rings (SSSR count). The van der Waals surface area contributed by atoms with Crippen LogP contribution in [0.2, 0.25) is 0 Å². The Balaban J connectivity index is 2.88. The average molecular weight is 215 g/mol. The molecule has 6 heteroatoms.